The van der Waals surface area contributed by atoms with Crippen molar-refractivity contribution in [2.24, 2.45) is 5.41 Å². The lowest BCUT2D eigenvalue weighted by Crippen LogP contribution is -2.45. The third-order valence-corrected chi connectivity index (χ3v) is 5.79. The van der Waals surface area contributed by atoms with Gasteiger partial charge in [0.05, 0.1) is 11.2 Å². The van der Waals surface area contributed by atoms with Gasteiger partial charge in [-0.15, -0.1) is 0 Å². The van der Waals surface area contributed by atoms with E-state index in [2.05, 4.69) is 4.90 Å². The number of aliphatic carboxylic acids is 1. The molecule has 0 spiro atoms. The molecule has 18 heavy (non-hydrogen) atoms. The molecule has 1 aliphatic rings. The van der Waals surface area contributed by atoms with Crippen LogP contribution in [0.4, 0.5) is 0 Å². The Balaban J connectivity index is 2.47. The SMILES string of the molecule is CCC1(C(=O)O)CCN(CCS(=O)(=O)CC)CC1. The lowest BCUT2D eigenvalue weighted by atomic mass is 9.76. The van der Waals surface area contributed by atoms with Crippen LogP contribution in [0.1, 0.15) is 33.1 Å². The summed E-state index contributed by atoms with van der Waals surface area (Å²) in [5, 5.41) is 9.26. The molecule has 0 aliphatic carbocycles. The number of piperidine rings is 1. The topological polar surface area (TPSA) is 74.7 Å². The maximum absolute atomic E-state index is 11.4. The lowest BCUT2D eigenvalue weighted by molar-refractivity contribution is -0.152. The third kappa shape index (κ3) is 3.68. The van der Waals surface area contributed by atoms with E-state index in [0.717, 1.165) is 0 Å². The van der Waals surface area contributed by atoms with Gasteiger partial charge in [0.15, 0.2) is 9.84 Å². The maximum atomic E-state index is 11.4. The molecule has 0 bridgehead atoms. The molecule has 6 heteroatoms. The van der Waals surface area contributed by atoms with Crippen LogP contribution in [0.3, 0.4) is 0 Å². The maximum Gasteiger partial charge on any atom is 0.309 e. The van der Waals surface area contributed by atoms with Crippen molar-refractivity contribution < 1.29 is 18.3 Å². The fourth-order valence-electron chi connectivity index (χ4n) is 2.34. The summed E-state index contributed by atoms with van der Waals surface area (Å²) >= 11 is 0. The van der Waals surface area contributed by atoms with E-state index in [1.807, 2.05) is 6.92 Å². The van der Waals surface area contributed by atoms with Crippen LogP contribution in [0, 0.1) is 5.41 Å². The average Bonchev–Trinajstić information content (AvgIpc) is 2.37. The number of carboxylic acids is 1. The Kier molecular flexibility index (Phi) is 5.16. The van der Waals surface area contributed by atoms with Crippen LogP contribution in [0.2, 0.25) is 0 Å². The molecule has 1 aliphatic heterocycles. The van der Waals surface area contributed by atoms with Gasteiger partial charge in [0.2, 0.25) is 0 Å². The van der Waals surface area contributed by atoms with Gasteiger partial charge in [0, 0.05) is 12.3 Å². The molecule has 106 valence electrons. The van der Waals surface area contributed by atoms with Crippen molar-refractivity contribution in [3.63, 3.8) is 0 Å². The summed E-state index contributed by atoms with van der Waals surface area (Å²) in [6.07, 6.45) is 1.87. The summed E-state index contributed by atoms with van der Waals surface area (Å²) in [6.45, 7) is 5.44. The number of hydrogen-bond acceptors (Lipinski definition) is 4. The summed E-state index contributed by atoms with van der Waals surface area (Å²) in [7, 11) is -2.93. The normalized spacial score (nSPS) is 20.8. The molecule has 1 rings (SSSR count). The first-order chi connectivity index (χ1) is 8.35. The molecule has 1 fully saturated rings. The van der Waals surface area contributed by atoms with E-state index in [0.29, 0.717) is 38.9 Å². The highest BCUT2D eigenvalue weighted by Gasteiger charge is 2.39. The van der Waals surface area contributed by atoms with Crippen molar-refractivity contribution in [1.82, 2.24) is 4.90 Å². The average molecular weight is 277 g/mol. The van der Waals surface area contributed by atoms with Crippen molar-refractivity contribution in [1.29, 1.82) is 0 Å². The van der Waals surface area contributed by atoms with Gasteiger partial charge in [-0.25, -0.2) is 8.42 Å². The van der Waals surface area contributed by atoms with Gasteiger partial charge < -0.3 is 10.0 Å². The Bertz CT molecular complexity index is 383. The molecule has 1 N–H and O–H groups in total. The Hall–Kier alpha value is -0.620. The summed E-state index contributed by atoms with van der Waals surface area (Å²) in [5.41, 5.74) is -0.597. The molecule has 1 heterocycles. The van der Waals surface area contributed by atoms with Gasteiger partial charge >= 0.3 is 5.97 Å². The number of carboxylic acid groups (broad SMARTS) is 1. The zero-order chi connectivity index (χ0) is 13.8. The molecule has 0 amide bonds. The highest BCUT2D eigenvalue weighted by molar-refractivity contribution is 7.91. The van der Waals surface area contributed by atoms with E-state index in [9.17, 15) is 18.3 Å². The predicted octanol–water partition coefficient (Wildman–Crippen LogP) is 0.998. The van der Waals surface area contributed by atoms with Gasteiger partial charge in [0.1, 0.15) is 0 Å². The molecule has 0 aromatic carbocycles. The smallest absolute Gasteiger partial charge is 0.309 e. The molecular formula is C12H23NO4S. The molecule has 0 aromatic rings. The number of rotatable bonds is 6. The fourth-order valence-corrected chi connectivity index (χ4v) is 3.16. The van der Waals surface area contributed by atoms with Crippen molar-refractivity contribution in [3.8, 4) is 0 Å². The summed E-state index contributed by atoms with van der Waals surface area (Å²) in [6, 6.07) is 0. The molecule has 0 aromatic heterocycles. The van der Waals surface area contributed by atoms with Crippen LogP contribution in [-0.2, 0) is 14.6 Å². The highest BCUT2D eigenvalue weighted by Crippen LogP contribution is 2.34. The molecule has 0 radical (unpaired) electrons. The van der Waals surface area contributed by atoms with Gasteiger partial charge in [-0.2, -0.15) is 0 Å². The summed E-state index contributed by atoms with van der Waals surface area (Å²) < 4.78 is 22.8. The van der Waals surface area contributed by atoms with E-state index in [1.165, 1.54) is 0 Å². The zero-order valence-electron chi connectivity index (χ0n) is 11.2. The summed E-state index contributed by atoms with van der Waals surface area (Å²) in [5.74, 6) is -0.365. The van der Waals surface area contributed by atoms with Gasteiger partial charge in [0.25, 0.3) is 0 Å². The Morgan fingerprint density at radius 1 is 1.28 bits per heavy atom. The number of carbonyl (C=O) groups is 1. The van der Waals surface area contributed by atoms with Crippen LogP contribution in [0.15, 0.2) is 0 Å². The van der Waals surface area contributed by atoms with Crippen molar-refractivity contribution >= 4 is 15.8 Å². The zero-order valence-corrected chi connectivity index (χ0v) is 12.0. The Labute approximate surface area is 109 Å². The van der Waals surface area contributed by atoms with Gasteiger partial charge in [-0.05, 0) is 32.4 Å². The Morgan fingerprint density at radius 2 is 1.83 bits per heavy atom. The van der Waals surface area contributed by atoms with Crippen LogP contribution in [-0.4, -0.2) is 55.5 Å². The minimum absolute atomic E-state index is 0.175. The van der Waals surface area contributed by atoms with Crippen LogP contribution >= 0.6 is 0 Å². The Morgan fingerprint density at radius 3 is 2.22 bits per heavy atom. The molecule has 5 nitrogen and oxygen atoms in total. The van der Waals surface area contributed by atoms with Gasteiger partial charge in [-0.3, -0.25) is 4.79 Å². The fraction of sp³-hybridized carbons (Fsp3) is 0.917. The van der Waals surface area contributed by atoms with E-state index in [-0.39, 0.29) is 11.5 Å². The molecule has 1 saturated heterocycles. The second kappa shape index (κ2) is 6.02. The number of likely N-dealkylation sites (tertiary alicyclic amines) is 1. The van der Waals surface area contributed by atoms with E-state index in [1.54, 1.807) is 6.92 Å². The molecular weight excluding hydrogens is 254 g/mol. The number of sulfone groups is 1. The van der Waals surface area contributed by atoms with Crippen molar-refractivity contribution in [2.75, 3.05) is 31.1 Å². The van der Waals surface area contributed by atoms with E-state index in [4.69, 9.17) is 0 Å². The van der Waals surface area contributed by atoms with Crippen LogP contribution in [0.25, 0.3) is 0 Å². The van der Waals surface area contributed by atoms with E-state index < -0.39 is 21.2 Å². The van der Waals surface area contributed by atoms with Crippen molar-refractivity contribution in [3.05, 3.63) is 0 Å². The lowest BCUT2D eigenvalue weighted by Gasteiger charge is -2.38. The monoisotopic (exact) mass is 277 g/mol. The third-order valence-electron chi connectivity index (χ3n) is 4.10. The second-order valence-electron chi connectivity index (χ2n) is 5.02. The molecule has 0 saturated carbocycles. The molecule has 0 unspecified atom stereocenters. The first kappa shape index (κ1) is 15.4. The first-order valence-electron chi connectivity index (χ1n) is 6.51. The number of hydrogen-bond donors (Lipinski definition) is 1. The quantitative estimate of drug-likeness (QED) is 0.784. The largest absolute Gasteiger partial charge is 0.481 e. The van der Waals surface area contributed by atoms with E-state index >= 15 is 0 Å². The number of nitrogens with zero attached hydrogens (tertiary/aromatic N) is 1. The van der Waals surface area contributed by atoms with Crippen LogP contribution in [0.5, 0.6) is 0 Å². The second-order valence-corrected chi connectivity index (χ2v) is 7.49. The highest BCUT2D eigenvalue weighted by atomic mass is 32.2. The first-order valence-corrected chi connectivity index (χ1v) is 8.33. The molecule has 0 atom stereocenters. The summed E-state index contributed by atoms with van der Waals surface area (Å²) in [4.78, 5) is 13.3. The minimum atomic E-state index is -2.93. The van der Waals surface area contributed by atoms with Crippen molar-refractivity contribution in [2.45, 2.75) is 33.1 Å². The van der Waals surface area contributed by atoms with Crippen LogP contribution < -0.4 is 0 Å². The standard InChI is InChI=1S/C12H23NO4S/c1-3-12(11(14)15)5-7-13(8-6-12)9-10-18(16,17)4-2/h3-10H2,1-2H3,(H,14,15). The van der Waals surface area contributed by atoms with Gasteiger partial charge in [-0.1, -0.05) is 13.8 Å². The predicted molar refractivity (Wildman–Crippen MR) is 70.4 cm³/mol. The minimum Gasteiger partial charge on any atom is -0.481 e.